The van der Waals surface area contributed by atoms with E-state index in [9.17, 15) is 9.47 Å². The Kier molecular flexibility index (Phi) is 4.94. The van der Waals surface area contributed by atoms with Crippen LogP contribution in [-0.2, 0) is 14.5 Å². The molecular formula is C19H21N7O2S. The van der Waals surface area contributed by atoms with Crippen molar-refractivity contribution in [3.63, 3.8) is 0 Å². The number of hydrogen-bond donors (Lipinski definition) is 1. The molecule has 0 saturated carbocycles. The van der Waals surface area contributed by atoms with Crippen molar-refractivity contribution >= 4 is 32.4 Å². The summed E-state index contributed by atoms with van der Waals surface area (Å²) in [6.45, 7) is 3.94. The standard InChI is InChI=1S/C19H21N7O2S/c1-12-11-28-7-6-26(12)17-9-16(25-29(2,3)27)23-19(24-17)15-8-13(10-20)22-18-14(15)4-5-21-18/h4-5,8-9,12H,6-7,11H2,1-3H3,(H,21,22)/t12-/m1/s1. The number of anilines is 1. The number of nitriles is 1. The number of aromatic amines is 1. The SMILES string of the molecule is C[C@@H]1COCCN1c1cc(N=S(C)(C)=O)nc(-c2cc(C#N)nc3[nH]ccc23)n1. The van der Waals surface area contributed by atoms with Gasteiger partial charge in [0.15, 0.2) is 11.6 Å². The van der Waals surface area contributed by atoms with Crippen LogP contribution in [0.1, 0.15) is 12.6 Å². The van der Waals surface area contributed by atoms with E-state index in [1.807, 2.05) is 6.07 Å². The quantitative estimate of drug-likeness (QED) is 0.703. The van der Waals surface area contributed by atoms with E-state index >= 15 is 0 Å². The Morgan fingerprint density at radius 3 is 2.90 bits per heavy atom. The molecule has 0 spiro atoms. The molecule has 3 aromatic rings. The Morgan fingerprint density at radius 2 is 2.17 bits per heavy atom. The monoisotopic (exact) mass is 411 g/mol. The van der Waals surface area contributed by atoms with Crippen LogP contribution in [0.3, 0.4) is 0 Å². The van der Waals surface area contributed by atoms with Crippen LogP contribution in [0.5, 0.6) is 0 Å². The van der Waals surface area contributed by atoms with Gasteiger partial charge in [-0.1, -0.05) is 0 Å². The lowest BCUT2D eigenvalue weighted by Gasteiger charge is -2.34. The molecule has 3 aromatic heterocycles. The first-order valence-corrected chi connectivity index (χ1v) is 11.5. The molecule has 1 aliphatic heterocycles. The summed E-state index contributed by atoms with van der Waals surface area (Å²) in [5, 5.41) is 10.2. The third-order valence-corrected chi connectivity index (χ3v) is 5.19. The Bertz CT molecular complexity index is 1230. The first-order valence-electron chi connectivity index (χ1n) is 9.13. The lowest BCUT2D eigenvalue weighted by Crippen LogP contribution is -2.44. The van der Waals surface area contributed by atoms with Crippen LogP contribution in [0, 0.1) is 11.3 Å². The summed E-state index contributed by atoms with van der Waals surface area (Å²) >= 11 is 0. The van der Waals surface area contributed by atoms with Crippen molar-refractivity contribution in [2.75, 3.05) is 37.2 Å². The fraction of sp³-hybridized carbons (Fsp3) is 0.368. The zero-order valence-electron chi connectivity index (χ0n) is 16.4. The third kappa shape index (κ3) is 4.06. The summed E-state index contributed by atoms with van der Waals surface area (Å²) in [6, 6.07) is 7.48. The Hall–Kier alpha value is -3.03. The normalized spacial score (nSPS) is 17.3. The molecular weight excluding hydrogens is 390 g/mol. The van der Waals surface area contributed by atoms with Gasteiger partial charge in [-0.15, -0.1) is 0 Å². The maximum absolute atomic E-state index is 12.3. The lowest BCUT2D eigenvalue weighted by atomic mass is 10.1. The summed E-state index contributed by atoms with van der Waals surface area (Å²) in [4.78, 5) is 18.7. The Morgan fingerprint density at radius 1 is 1.34 bits per heavy atom. The van der Waals surface area contributed by atoms with Crippen molar-refractivity contribution in [1.82, 2.24) is 19.9 Å². The molecule has 0 unspecified atom stereocenters. The van der Waals surface area contributed by atoms with Gasteiger partial charge >= 0.3 is 0 Å². The molecule has 10 heteroatoms. The van der Waals surface area contributed by atoms with Gasteiger partial charge in [-0.05, 0) is 19.1 Å². The highest BCUT2D eigenvalue weighted by Gasteiger charge is 2.23. The van der Waals surface area contributed by atoms with Crippen LogP contribution in [-0.4, -0.2) is 62.5 Å². The molecule has 0 aromatic carbocycles. The minimum absolute atomic E-state index is 0.131. The molecule has 0 aliphatic carbocycles. The van der Waals surface area contributed by atoms with E-state index < -0.39 is 9.73 Å². The fourth-order valence-electron chi connectivity index (χ4n) is 3.31. The van der Waals surface area contributed by atoms with E-state index in [4.69, 9.17) is 9.72 Å². The molecule has 1 saturated heterocycles. The fourth-order valence-corrected chi connectivity index (χ4v) is 3.85. The minimum atomic E-state index is -2.41. The Balaban J connectivity index is 1.95. The van der Waals surface area contributed by atoms with E-state index in [1.54, 1.807) is 30.8 Å². The van der Waals surface area contributed by atoms with E-state index in [0.29, 0.717) is 48.4 Å². The van der Waals surface area contributed by atoms with Gasteiger partial charge in [0.25, 0.3) is 0 Å². The number of morpholine rings is 1. The second-order valence-corrected chi connectivity index (χ2v) is 9.75. The van der Waals surface area contributed by atoms with E-state index in [1.165, 1.54) is 0 Å². The van der Waals surface area contributed by atoms with Crippen LogP contribution in [0.2, 0.25) is 0 Å². The molecule has 1 N–H and O–H groups in total. The minimum Gasteiger partial charge on any atom is -0.377 e. The lowest BCUT2D eigenvalue weighted by molar-refractivity contribution is 0.0985. The maximum atomic E-state index is 12.3. The second-order valence-electron chi connectivity index (χ2n) is 7.20. The van der Waals surface area contributed by atoms with Gasteiger partial charge in [-0.3, -0.25) is 0 Å². The Labute approximate surface area is 168 Å². The molecule has 0 bridgehead atoms. The number of rotatable bonds is 3. The molecule has 1 aliphatic rings. The number of pyridine rings is 1. The molecule has 9 nitrogen and oxygen atoms in total. The third-order valence-electron chi connectivity index (χ3n) is 4.56. The molecule has 29 heavy (non-hydrogen) atoms. The zero-order valence-corrected chi connectivity index (χ0v) is 17.2. The summed E-state index contributed by atoms with van der Waals surface area (Å²) in [5.74, 6) is 1.44. The van der Waals surface area contributed by atoms with Crippen LogP contribution in [0.4, 0.5) is 11.6 Å². The molecule has 1 fully saturated rings. The summed E-state index contributed by atoms with van der Waals surface area (Å²) in [5.41, 5.74) is 1.52. The number of ether oxygens (including phenoxy) is 1. The van der Waals surface area contributed by atoms with E-state index in [2.05, 4.69) is 37.2 Å². The first-order chi connectivity index (χ1) is 13.8. The predicted molar refractivity (Wildman–Crippen MR) is 112 cm³/mol. The molecule has 4 heterocycles. The van der Waals surface area contributed by atoms with Crippen molar-refractivity contribution in [1.29, 1.82) is 5.26 Å². The second kappa shape index (κ2) is 7.42. The van der Waals surface area contributed by atoms with Crippen molar-refractivity contribution in [2.45, 2.75) is 13.0 Å². The topological polar surface area (TPSA) is 120 Å². The summed E-state index contributed by atoms with van der Waals surface area (Å²) < 4.78 is 22.1. The highest BCUT2D eigenvalue weighted by molar-refractivity contribution is 7.92. The van der Waals surface area contributed by atoms with Gasteiger partial charge in [-0.25, -0.2) is 19.2 Å². The van der Waals surface area contributed by atoms with Crippen molar-refractivity contribution in [2.24, 2.45) is 4.36 Å². The van der Waals surface area contributed by atoms with E-state index in [0.717, 1.165) is 5.39 Å². The van der Waals surface area contributed by atoms with Crippen molar-refractivity contribution < 1.29 is 8.95 Å². The number of nitrogens with one attached hydrogen (secondary N) is 1. The zero-order chi connectivity index (χ0) is 20.6. The number of fused-ring (bicyclic) bond motifs is 1. The smallest absolute Gasteiger partial charge is 0.167 e. The number of aromatic nitrogens is 4. The van der Waals surface area contributed by atoms with Crippen LogP contribution in [0.25, 0.3) is 22.4 Å². The predicted octanol–water partition coefficient (Wildman–Crippen LogP) is 2.48. The highest BCUT2D eigenvalue weighted by atomic mass is 32.2. The molecule has 0 radical (unpaired) electrons. The molecule has 0 amide bonds. The van der Waals surface area contributed by atoms with Crippen LogP contribution >= 0.6 is 0 Å². The average Bonchev–Trinajstić information content (AvgIpc) is 3.14. The first kappa shape index (κ1) is 19.3. The average molecular weight is 411 g/mol. The summed E-state index contributed by atoms with van der Waals surface area (Å²) in [6.07, 6.45) is 4.89. The largest absolute Gasteiger partial charge is 0.377 e. The number of hydrogen-bond acceptors (Lipinski definition) is 8. The molecule has 150 valence electrons. The van der Waals surface area contributed by atoms with Gasteiger partial charge in [0.05, 0.1) is 19.3 Å². The maximum Gasteiger partial charge on any atom is 0.167 e. The van der Waals surface area contributed by atoms with Gasteiger partial charge in [0.2, 0.25) is 0 Å². The number of nitrogens with zero attached hydrogens (tertiary/aromatic N) is 6. The number of H-pyrrole nitrogens is 1. The highest BCUT2D eigenvalue weighted by Crippen LogP contribution is 2.30. The van der Waals surface area contributed by atoms with Crippen molar-refractivity contribution in [3.05, 3.63) is 30.1 Å². The van der Waals surface area contributed by atoms with Gasteiger partial charge in [0.1, 0.15) is 23.2 Å². The molecule has 1 atom stereocenters. The van der Waals surface area contributed by atoms with Gasteiger partial charge in [-0.2, -0.15) is 9.62 Å². The van der Waals surface area contributed by atoms with Gasteiger partial charge < -0.3 is 14.6 Å². The van der Waals surface area contributed by atoms with Crippen LogP contribution in [0.15, 0.2) is 28.8 Å². The van der Waals surface area contributed by atoms with Crippen LogP contribution < -0.4 is 4.90 Å². The summed E-state index contributed by atoms with van der Waals surface area (Å²) in [7, 11) is -2.41. The molecule has 4 rings (SSSR count). The van der Waals surface area contributed by atoms with E-state index in [-0.39, 0.29) is 11.7 Å². The van der Waals surface area contributed by atoms with Gasteiger partial charge in [0, 0.05) is 52.0 Å². The van der Waals surface area contributed by atoms with Crippen molar-refractivity contribution in [3.8, 4) is 17.5 Å².